The van der Waals surface area contributed by atoms with Gasteiger partial charge >= 0.3 is 23.9 Å². The molecule has 7 amide bonds. The molecule has 1 saturated heterocycles. The molecule has 33 nitrogen and oxygen atoms in total. The van der Waals surface area contributed by atoms with E-state index in [1.165, 1.54) is 20.8 Å². The number of carbonyl (C=O) groups excluding carboxylic acids is 13. The standard InChI is InChI=1S/C10H16N2O4S3.C10H14O6S.C8H16N4O3S.C5H9NO4.C4H5NO3.C4H7NO2S2.CH3F.CH4.H4N2/c1-6(13)19-5-8(14)4-7(10(16)12-18)2-3-9(15)11-17;1-6(11)17-5-8(12)4-7(10(15)16)2-3-9(13)14;9-11-7(14)2-1-5(8(15)12-10)3-6(13)4-16;6-3(5(9)10)1-2-4(7)8;6-3-1-2-4(7)5(3)8;1-3(6)9-2-4(7)5-8;1-2;;1-2/h7,17-18H,2-5H2,1H3,(H,11,15)(H,12,16);7H,2-5H2,1H3,(H,13,14)(H,15,16);5,16H,1-4,9-10H2,(H,11,14)(H,12,15);3H,1-2,6H2,(H,7,8)(H,9,10);8H,1-2H2;8H,2H2,1H3,(H,5,7);1H3;1H4;1-2H2/i;;;;;;1D;;. The zero-order valence-corrected chi connectivity index (χ0v) is 51.0. The average molecular weight is 1350 g/mol. The quantitative estimate of drug-likeness (QED) is 0.0103. The Kier molecular flexibility index (Phi) is 68.2. The minimum absolute atomic E-state index is 0. The third-order valence-corrected chi connectivity index (χ3v) is 12.4. The largest absolute Gasteiger partial charge is 0.481 e. The third kappa shape index (κ3) is 64.1. The van der Waals surface area contributed by atoms with Crippen molar-refractivity contribution in [2.75, 3.05) is 30.2 Å². The molecule has 20 N–H and O–H groups in total. The van der Waals surface area contributed by atoms with Crippen LogP contribution >= 0.6 is 86.4 Å². The van der Waals surface area contributed by atoms with E-state index in [9.17, 15) is 85.9 Å². The number of halogens is 1. The number of hydroxylamine groups is 2. The summed E-state index contributed by atoms with van der Waals surface area (Å²) in [5.41, 5.74) is 8.90. The lowest BCUT2D eigenvalue weighted by atomic mass is 9.96. The molecule has 486 valence electrons. The van der Waals surface area contributed by atoms with Gasteiger partial charge in [0, 0.05) is 96.1 Å². The number of hydrazine groups is 3. The van der Waals surface area contributed by atoms with Crippen molar-refractivity contribution in [3.63, 3.8) is 0 Å². The van der Waals surface area contributed by atoms with Crippen LogP contribution in [0.3, 0.4) is 0 Å². The van der Waals surface area contributed by atoms with Gasteiger partial charge in [-0.25, -0.2) is 11.7 Å². The van der Waals surface area contributed by atoms with Crippen LogP contribution in [-0.2, 0) is 81.5 Å². The molecule has 4 unspecified atom stereocenters. The summed E-state index contributed by atoms with van der Waals surface area (Å²) in [6.07, 6.45) is 0.0473. The Hall–Kier alpha value is -5.47. The maximum absolute atomic E-state index is 11.6. The van der Waals surface area contributed by atoms with Crippen LogP contribution in [0, 0.1) is 17.8 Å². The topological polar surface area (TPSA) is 585 Å². The van der Waals surface area contributed by atoms with Gasteiger partial charge in [-0.2, -0.15) is 17.7 Å². The number of nitrogens with one attached hydrogen (secondary N) is 5. The number of thiol groups is 4. The average Bonchev–Trinajstić information content (AvgIpc) is 3.74. The van der Waals surface area contributed by atoms with Gasteiger partial charge in [0.25, 0.3) is 11.8 Å². The predicted molar refractivity (Wildman–Crippen MR) is 319 cm³/mol. The SMILES string of the molecule is C.CC(=O)SCC(=O)CC(CCC(=O)NS)C(=O)NS.CC(=O)SCC(=O)CC(CCC(=O)O)C(=O)O.CC(=O)SCC(=O)NS.NC(CCC(=O)O)C(=O)O.NN.NNC(=O)CCC(CC(=O)CS)C(=O)NN.O=C1CCC(=O)N1O.[2H]CF. The van der Waals surface area contributed by atoms with Gasteiger partial charge in [0.05, 0.1) is 31.7 Å². The fourth-order valence-electron chi connectivity index (χ4n) is 4.75. The van der Waals surface area contributed by atoms with Gasteiger partial charge in [0.15, 0.2) is 15.3 Å². The molecule has 0 radical (unpaired) electrons. The van der Waals surface area contributed by atoms with Crippen molar-refractivity contribution in [1.29, 1.82) is 0 Å². The summed E-state index contributed by atoms with van der Waals surface area (Å²) in [7, 11) is -1.00. The number of nitrogens with zero attached hydrogens (tertiary/aromatic N) is 1. The number of carboxylic acids is 4. The predicted octanol–water partition coefficient (Wildman–Crippen LogP) is -1.36. The zero-order chi connectivity index (χ0) is 67.1. The Morgan fingerprint density at radius 1 is 0.571 bits per heavy atom. The number of amides is 7. The number of Topliss-reactive ketones (excluding diaryl/α,β-unsaturated/α-hetero) is 3. The van der Waals surface area contributed by atoms with Crippen molar-refractivity contribution >= 4 is 184 Å². The number of nitrogens with two attached hydrogens (primary N) is 5. The van der Waals surface area contributed by atoms with Gasteiger partial charge in [-0.1, -0.05) is 81.2 Å². The molecule has 0 aromatic heterocycles. The highest BCUT2D eigenvalue weighted by molar-refractivity contribution is 8.14. The lowest BCUT2D eigenvalue weighted by molar-refractivity contribution is -0.171. The van der Waals surface area contributed by atoms with Crippen LogP contribution in [-0.4, -0.2) is 165 Å². The first-order valence-electron chi connectivity index (χ1n) is 23.6. The van der Waals surface area contributed by atoms with Crippen molar-refractivity contribution in [3.05, 3.63) is 0 Å². The first kappa shape index (κ1) is 92.3. The fraction of sp³-hybridized carbons (Fsp3) is 0.605. The van der Waals surface area contributed by atoms with Crippen molar-refractivity contribution in [2.24, 2.45) is 46.9 Å². The van der Waals surface area contributed by atoms with Crippen molar-refractivity contribution < 1.29 is 113 Å². The zero-order valence-electron chi connectivity index (χ0n) is 45.9. The smallest absolute Gasteiger partial charge is 0.320 e. The summed E-state index contributed by atoms with van der Waals surface area (Å²) in [6, 6.07) is -1.06. The summed E-state index contributed by atoms with van der Waals surface area (Å²) in [5.74, 6) is 7.68. The highest BCUT2D eigenvalue weighted by Crippen LogP contribution is 2.17. The Bertz CT molecular complexity index is 2120. The van der Waals surface area contributed by atoms with Crippen LogP contribution in [0.5, 0.6) is 0 Å². The van der Waals surface area contributed by atoms with E-state index >= 15 is 0 Å². The highest BCUT2D eigenvalue weighted by Gasteiger charge is 2.27. The van der Waals surface area contributed by atoms with Gasteiger partial charge in [-0.3, -0.25) is 114 Å². The first-order valence-corrected chi connectivity index (χ1v) is 27.8. The number of rotatable bonds is 29. The molecule has 0 spiro atoms. The second-order valence-electron chi connectivity index (χ2n) is 15.3. The number of imide groups is 1. The van der Waals surface area contributed by atoms with Crippen LogP contribution in [0.4, 0.5) is 4.39 Å². The van der Waals surface area contributed by atoms with Crippen LogP contribution in [0.1, 0.15) is 113 Å². The van der Waals surface area contributed by atoms with E-state index in [2.05, 4.69) is 76.9 Å². The molecule has 1 aliphatic rings. The van der Waals surface area contributed by atoms with Crippen LogP contribution in [0.25, 0.3) is 0 Å². The molecule has 1 fully saturated rings. The van der Waals surface area contributed by atoms with Crippen LogP contribution in [0.2, 0.25) is 0 Å². The molecule has 0 saturated carbocycles. The molecule has 0 aromatic rings. The number of carbonyl (C=O) groups is 17. The number of thioether (sulfide) groups is 3. The Morgan fingerprint density at radius 2 is 0.929 bits per heavy atom. The number of hydrogen-bond acceptors (Lipinski definition) is 30. The molecular formula is C43H78FN11O22S7. The number of aliphatic carboxylic acids is 4. The van der Waals surface area contributed by atoms with Gasteiger partial charge in [0.2, 0.25) is 29.5 Å². The van der Waals surface area contributed by atoms with E-state index in [1.807, 2.05) is 10.9 Å². The monoisotopic (exact) mass is 1340 g/mol. The Labute approximate surface area is 519 Å². The van der Waals surface area contributed by atoms with E-state index in [1.54, 1.807) is 0 Å². The van der Waals surface area contributed by atoms with Crippen molar-refractivity contribution in [3.8, 4) is 0 Å². The van der Waals surface area contributed by atoms with E-state index in [-0.39, 0.29) is 163 Å². The fourth-order valence-corrected chi connectivity index (χ4v) is 6.73. The Morgan fingerprint density at radius 3 is 1.24 bits per heavy atom. The number of carboxylic acid groups (broad SMARTS) is 4. The van der Waals surface area contributed by atoms with Gasteiger partial charge in [-0.15, -0.1) is 0 Å². The second kappa shape index (κ2) is 62.1. The first-order chi connectivity index (χ1) is 39.1. The molecule has 41 heteroatoms. The van der Waals surface area contributed by atoms with E-state index in [0.717, 1.165) is 35.3 Å². The minimum atomic E-state index is -1.19. The summed E-state index contributed by atoms with van der Waals surface area (Å²) in [6.45, 7) is 4.10. The lowest BCUT2D eigenvalue weighted by Gasteiger charge is -2.13. The van der Waals surface area contributed by atoms with Gasteiger partial charge in [-0.05, 0) is 25.7 Å². The summed E-state index contributed by atoms with van der Waals surface area (Å²) < 4.78 is 21.9. The second-order valence-corrected chi connectivity index (χ2v) is 19.7. The lowest BCUT2D eigenvalue weighted by Crippen LogP contribution is -2.38. The third-order valence-electron chi connectivity index (χ3n) is 8.79. The van der Waals surface area contributed by atoms with Crippen molar-refractivity contribution in [1.82, 2.24) is 30.1 Å². The maximum Gasteiger partial charge on any atom is 0.320 e. The number of ketones is 3. The normalized spacial score (nSPS) is 11.9. The molecule has 0 aliphatic carbocycles. The number of alkyl halides is 1. The molecular weight excluding hydrogens is 1270 g/mol. The summed E-state index contributed by atoms with van der Waals surface area (Å²) in [4.78, 5) is 182. The number of hydrogen-bond donors (Lipinski definition) is 19. The molecule has 0 bridgehead atoms. The molecule has 1 aliphatic heterocycles. The molecule has 1 rings (SSSR count). The molecule has 0 aromatic carbocycles. The van der Waals surface area contributed by atoms with E-state index < -0.39 is 84.4 Å². The van der Waals surface area contributed by atoms with Gasteiger partial charge in [0.1, 0.15) is 23.4 Å². The maximum atomic E-state index is 11.6. The Balaban J connectivity index is -0.000000140. The van der Waals surface area contributed by atoms with Gasteiger partial charge < -0.3 is 40.3 Å². The summed E-state index contributed by atoms with van der Waals surface area (Å²) in [5, 5.41) is 41.6. The molecule has 1 heterocycles. The molecule has 4 atom stereocenters. The summed E-state index contributed by atoms with van der Waals surface area (Å²) >= 11 is 17.2. The van der Waals surface area contributed by atoms with E-state index in [4.69, 9.17) is 44.4 Å². The van der Waals surface area contributed by atoms with Crippen LogP contribution in [0.15, 0.2) is 0 Å². The molecule has 84 heavy (non-hydrogen) atoms. The minimum Gasteiger partial charge on any atom is -0.481 e. The highest BCUT2D eigenvalue weighted by atomic mass is 32.2. The van der Waals surface area contributed by atoms with Crippen molar-refractivity contribution in [2.45, 2.75) is 118 Å². The van der Waals surface area contributed by atoms with Crippen LogP contribution < -0.4 is 54.1 Å². The van der Waals surface area contributed by atoms with E-state index in [0.29, 0.717) is 0 Å².